The molecular weight excluding hydrogens is 279 g/mol. The second kappa shape index (κ2) is 6.31. The first-order valence-electron chi connectivity index (χ1n) is 4.52. The first kappa shape index (κ1) is 10.9. The maximum Gasteiger partial charge on any atom is 0.0725 e. The molecule has 74 valence electrons. The van der Waals surface area contributed by atoms with Crippen molar-refractivity contribution in [1.82, 2.24) is 15.0 Å². The fraction of sp³-hybridized carbons (Fsp3) is 0.750. The summed E-state index contributed by atoms with van der Waals surface area (Å²) in [5, 5.41) is 7.91. The molecule has 0 bridgehead atoms. The molecule has 0 amide bonds. The number of hydrogen-bond acceptors (Lipinski definition) is 3. The lowest BCUT2D eigenvalue weighted by molar-refractivity contribution is 0.541. The number of aromatic nitrogens is 3. The molecule has 13 heavy (non-hydrogen) atoms. The van der Waals surface area contributed by atoms with Crippen LogP contribution in [0.4, 0.5) is 0 Å². The van der Waals surface area contributed by atoms with E-state index < -0.39 is 0 Å². The second-order valence-electron chi connectivity index (χ2n) is 2.88. The van der Waals surface area contributed by atoms with Crippen LogP contribution in [0.5, 0.6) is 0 Å². The summed E-state index contributed by atoms with van der Waals surface area (Å²) >= 11 is 2.38. The summed E-state index contributed by atoms with van der Waals surface area (Å²) in [5.74, 6) is 0. The molecule has 0 radical (unpaired) electrons. The second-order valence-corrected chi connectivity index (χ2v) is 3.96. The van der Waals surface area contributed by atoms with Crippen LogP contribution < -0.4 is 5.73 Å². The molecule has 5 heteroatoms. The van der Waals surface area contributed by atoms with E-state index >= 15 is 0 Å². The summed E-state index contributed by atoms with van der Waals surface area (Å²) in [7, 11) is 0. The molecule has 1 heterocycles. The Labute approximate surface area is 92.0 Å². The molecule has 0 atom stereocenters. The van der Waals surface area contributed by atoms with E-state index in [9.17, 15) is 0 Å². The number of aryl methyl sites for hydroxylation is 2. The zero-order chi connectivity index (χ0) is 9.52. The van der Waals surface area contributed by atoms with Gasteiger partial charge < -0.3 is 5.73 Å². The first-order valence-corrected chi connectivity index (χ1v) is 6.04. The SMILES string of the molecule is NCCCn1nncc1CCCI. The predicted octanol–water partition coefficient (Wildman–Crippen LogP) is 0.994. The highest BCUT2D eigenvalue weighted by atomic mass is 127. The molecule has 1 aromatic heterocycles. The summed E-state index contributed by atoms with van der Waals surface area (Å²) in [6.07, 6.45) is 5.08. The average molecular weight is 294 g/mol. The van der Waals surface area contributed by atoms with Crippen LogP contribution in [0.15, 0.2) is 6.20 Å². The highest BCUT2D eigenvalue weighted by molar-refractivity contribution is 14.1. The summed E-state index contributed by atoms with van der Waals surface area (Å²) in [4.78, 5) is 0. The number of nitrogens with zero attached hydrogens (tertiary/aromatic N) is 3. The molecule has 0 spiro atoms. The zero-order valence-corrected chi connectivity index (χ0v) is 9.77. The van der Waals surface area contributed by atoms with E-state index in [-0.39, 0.29) is 0 Å². The molecule has 0 aliphatic heterocycles. The Morgan fingerprint density at radius 2 is 2.31 bits per heavy atom. The van der Waals surface area contributed by atoms with E-state index in [1.165, 1.54) is 16.5 Å². The van der Waals surface area contributed by atoms with Crippen molar-refractivity contribution in [2.45, 2.75) is 25.8 Å². The Balaban J connectivity index is 2.45. The largest absolute Gasteiger partial charge is 0.330 e. The normalized spacial score (nSPS) is 10.6. The number of hydrogen-bond donors (Lipinski definition) is 1. The molecule has 0 aromatic carbocycles. The average Bonchev–Trinajstić information content (AvgIpc) is 2.59. The van der Waals surface area contributed by atoms with Gasteiger partial charge in [-0.2, -0.15) is 0 Å². The van der Waals surface area contributed by atoms with Gasteiger partial charge in [0, 0.05) is 6.54 Å². The van der Waals surface area contributed by atoms with Crippen molar-refractivity contribution in [3.63, 3.8) is 0 Å². The maximum absolute atomic E-state index is 5.43. The van der Waals surface area contributed by atoms with Crippen LogP contribution in [0.1, 0.15) is 18.5 Å². The van der Waals surface area contributed by atoms with Gasteiger partial charge in [0.2, 0.25) is 0 Å². The zero-order valence-electron chi connectivity index (χ0n) is 7.62. The monoisotopic (exact) mass is 294 g/mol. The van der Waals surface area contributed by atoms with Crippen molar-refractivity contribution < 1.29 is 0 Å². The summed E-state index contributed by atoms with van der Waals surface area (Å²) in [5.41, 5.74) is 6.66. The highest BCUT2D eigenvalue weighted by Gasteiger charge is 2.01. The van der Waals surface area contributed by atoms with Gasteiger partial charge in [-0.15, -0.1) is 5.10 Å². The Morgan fingerprint density at radius 1 is 1.46 bits per heavy atom. The number of halogens is 1. The van der Waals surface area contributed by atoms with Gasteiger partial charge in [-0.1, -0.05) is 27.8 Å². The van der Waals surface area contributed by atoms with Gasteiger partial charge in [-0.25, -0.2) is 4.68 Å². The van der Waals surface area contributed by atoms with E-state index in [1.807, 2.05) is 10.9 Å². The fourth-order valence-electron chi connectivity index (χ4n) is 1.15. The molecular formula is C8H15IN4. The number of alkyl halides is 1. The summed E-state index contributed by atoms with van der Waals surface area (Å²) < 4.78 is 3.14. The Hall–Kier alpha value is -0.170. The van der Waals surface area contributed by atoms with Crippen LogP contribution in [0.3, 0.4) is 0 Å². The molecule has 4 nitrogen and oxygen atoms in total. The van der Waals surface area contributed by atoms with E-state index in [0.717, 1.165) is 19.4 Å². The third-order valence-corrected chi connectivity index (χ3v) is 2.60. The highest BCUT2D eigenvalue weighted by Crippen LogP contribution is 2.03. The van der Waals surface area contributed by atoms with Crippen LogP contribution >= 0.6 is 22.6 Å². The van der Waals surface area contributed by atoms with Gasteiger partial charge in [-0.05, 0) is 30.2 Å². The Kier molecular flexibility index (Phi) is 5.29. The quantitative estimate of drug-likeness (QED) is 0.629. The van der Waals surface area contributed by atoms with Gasteiger partial charge in [0.25, 0.3) is 0 Å². The van der Waals surface area contributed by atoms with Crippen molar-refractivity contribution in [2.75, 3.05) is 11.0 Å². The minimum atomic E-state index is 0.714. The van der Waals surface area contributed by atoms with Gasteiger partial charge >= 0.3 is 0 Å². The van der Waals surface area contributed by atoms with Gasteiger partial charge in [0.15, 0.2) is 0 Å². The maximum atomic E-state index is 5.43. The lowest BCUT2D eigenvalue weighted by Gasteiger charge is -2.03. The van der Waals surface area contributed by atoms with Crippen LogP contribution in [0, 0.1) is 0 Å². The molecule has 0 unspecified atom stereocenters. The van der Waals surface area contributed by atoms with Crippen LogP contribution in [0.2, 0.25) is 0 Å². The van der Waals surface area contributed by atoms with E-state index in [1.54, 1.807) is 0 Å². The van der Waals surface area contributed by atoms with E-state index in [0.29, 0.717) is 6.54 Å². The first-order chi connectivity index (χ1) is 6.38. The van der Waals surface area contributed by atoms with Crippen molar-refractivity contribution in [3.8, 4) is 0 Å². The van der Waals surface area contributed by atoms with E-state index in [4.69, 9.17) is 5.73 Å². The lowest BCUT2D eigenvalue weighted by Crippen LogP contribution is -2.10. The standard InChI is InChI=1S/C8H15IN4/c9-4-1-3-8-7-11-12-13(8)6-2-5-10/h7H,1-6,10H2. The number of nitrogens with two attached hydrogens (primary N) is 1. The molecule has 1 rings (SSSR count). The summed E-state index contributed by atoms with van der Waals surface area (Å²) in [6, 6.07) is 0. The van der Waals surface area contributed by atoms with Crippen molar-refractivity contribution in [1.29, 1.82) is 0 Å². The molecule has 0 fully saturated rings. The smallest absolute Gasteiger partial charge is 0.0725 e. The van der Waals surface area contributed by atoms with Crippen LogP contribution in [0.25, 0.3) is 0 Å². The van der Waals surface area contributed by atoms with Gasteiger partial charge in [0.1, 0.15) is 0 Å². The minimum absolute atomic E-state index is 0.714. The Morgan fingerprint density at radius 3 is 3.00 bits per heavy atom. The molecule has 2 N–H and O–H groups in total. The minimum Gasteiger partial charge on any atom is -0.330 e. The van der Waals surface area contributed by atoms with Crippen molar-refractivity contribution in [3.05, 3.63) is 11.9 Å². The number of rotatable bonds is 6. The van der Waals surface area contributed by atoms with Crippen molar-refractivity contribution >= 4 is 22.6 Å². The fourth-order valence-corrected chi connectivity index (χ4v) is 1.53. The third kappa shape index (κ3) is 3.60. The van der Waals surface area contributed by atoms with Gasteiger partial charge in [0.05, 0.1) is 11.9 Å². The summed E-state index contributed by atoms with van der Waals surface area (Å²) in [6.45, 7) is 1.61. The third-order valence-electron chi connectivity index (χ3n) is 1.84. The molecule has 0 saturated carbocycles. The topological polar surface area (TPSA) is 56.7 Å². The van der Waals surface area contributed by atoms with Crippen LogP contribution in [-0.2, 0) is 13.0 Å². The lowest BCUT2D eigenvalue weighted by atomic mass is 10.2. The molecule has 0 saturated heterocycles. The molecule has 1 aromatic rings. The van der Waals surface area contributed by atoms with Gasteiger partial charge in [-0.3, -0.25) is 0 Å². The molecule has 0 aliphatic rings. The van der Waals surface area contributed by atoms with Crippen LogP contribution in [-0.4, -0.2) is 26.0 Å². The molecule has 0 aliphatic carbocycles. The predicted molar refractivity (Wildman–Crippen MR) is 60.9 cm³/mol. The van der Waals surface area contributed by atoms with Crippen molar-refractivity contribution in [2.24, 2.45) is 5.73 Å². The Bertz CT molecular complexity index is 213. The van der Waals surface area contributed by atoms with E-state index in [2.05, 4.69) is 32.9 Å².